The highest BCUT2D eigenvalue weighted by atomic mass is 16.5. The highest BCUT2D eigenvalue weighted by molar-refractivity contribution is 6.03. The maximum Gasteiger partial charge on any atom is 0.248 e. The van der Waals surface area contributed by atoms with Crippen molar-refractivity contribution in [3.63, 3.8) is 0 Å². The van der Waals surface area contributed by atoms with Crippen molar-refractivity contribution in [2.24, 2.45) is 0 Å². The molecule has 1 atom stereocenters. The van der Waals surface area contributed by atoms with Crippen LogP contribution in [-0.2, 0) is 4.79 Å². The van der Waals surface area contributed by atoms with Gasteiger partial charge in [0.15, 0.2) is 11.5 Å². The number of amides is 1. The molecule has 0 saturated carbocycles. The highest BCUT2D eigenvalue weighted by Crippen LogP contribution is 2.31. The molecule has 0 saturated heterocycles. The minimum Gasteiger partial charge on any atom is -0.493 e. The van der Waals surface area contributed by atoms with Gasteiger partial charge in [-0.25, -0.2) is 0 Å². The third-order valence-electron chi connectivity index (χ3n) is 4.85. The number of rotatable bonds is 8. The minimum absolute atomic E-state index is 0.0838. The Morgan fingerprint density at radius 1 is 0.968 bits per heavy atom. The van der Waals surface area contributed by atoms with Crippen LogP contribution < -0.4 is 25.8 Å². The average Bonchev–Trinajstić information content (AvgIpc) is 2.79. The van der Waals surface area contributed by atoms with E-state index < -0.39 is 0 Å². The third-order valence-corrected chi connectivity index (χ3v) is 4.85. The number of carbonyl (C=O) groups is 1. The fourth-order valence-electron chi connectivity index (χ4n) is 3.11. The summed E-state index contributed by atoms with van der Waals surface area (Å²) in [6, 6.07) is 21.0. The van der Waals surface area contributed by atoms with Crippen molar-refractivity contribution < 1.29 is 14.3 Å². The average molecular weight is 418 g/mol. The van der Waals surface area contributed by atoms with Gasteiger partial charge in [0.05, 0.1) is 25.6 Å². The van der Waals surface area contributed by atoms with Crippen molar-refractivity contribution in [2.45, 2.75) is 13.0 Å². The van der Waals surface area contributed by atoms with Crippen LogP contribution in [0.4, 0.5) is 17.1 Å². The summed E-state index contributed by atoms with van der Waals surface area (Å²) < 4.78 is 10.6. The van der Waals surface area contributed by atoms with Gasteiger partial charge in [-0.05, 0) is 48.4 Å². The largest absolute Gasteiger partial charge is 0.493 e. The van der Waals surface area contributed by atoms with E-state index in [1.54, 1.807) is 32.4 Å². The van der Waals surface area contributed by atoms with Crippen LogP contribution in [0.25, 0.3) is 6.08 Å². The molecule has 3 rings (SSSR count). The van der Waals surface area contributed by atoms with Crippen LogP contribution >= 0.6 is 0 Å². The van der Waals surface area contributed by atoms with Gasteiger partial charge in [0.2, 0.25) is 5.91 Å². The summed E-state index contributed by atoms with van der Waals surface area (Å²) >= 11 is 0. The number of nitrogen functional groups attached to an aromatic ring is 1. The van der Waals surface area contributed by atoms with E-state index in [4.69, 9.17) is 15.2 Å². The van der Waals surface area contributed by atoms with E-state index in [2.05, 4.69) is 17.6 Å². The molecule has 0 aromatic heterocycles. The Balaban J connectivity index is 1.61. The monoisotopic (exact) mass is 417 g/mol. The summed E-state index contributed by atoms with van der Waals surface area (Å²) in [5.41, 5.74) is 9.96. The van der Waals surface area contributed by atoms with E-state index in [1.165, 1.54) is 6.08 Å². The quantitative estimate of drug-likeness (QED) is 0.350. The second-order valence-electron chi connectivity index (χ2n) is 7.01. The SMILES string of the molecule is COc1ccc(NC(C)c2ccc(C=CC(=O)Nc3ccccc3N)cc2)cc1OC. The molecule has 0 spiro atoms. The van der Waals surface area contributed by atoms with Gasteiger partial charge in [-0.15, -0.1) is 0 Å². The summed E-state index contributed by atoms with van der Waals surface area (Å²) in [6.45, 7) is 2.08. The molecular formula is C25H27N3O3. The minimum atomic E-state index is -0.231. The molecule has 6 nitrogen and oxygen atoms in total. The number of anilines is 3. The third kappa shape index (κ3) is 5.79. The van der Waals surface area contributed by atoms with Crippen molar-refractivity contribution in [1.29, 1.82) is 0 Å². The molecule has 0 aliphatic carbocycles. The van der Waals surface area contributed by atoms with Gasteiger partial charge in [-0.1, -0.05) is 36.4 Å². The molecule has 4 N–H and O–H groups in total. The second-order valence-corrected chi connectivity index (χ2v) is 7.01. The zero-order valence-electron chi connectivity index (χ0n) is 17.9. The van der Waals surface area contributed by atoms with Crippen molar-refractivity contribution in [3.8, 4) is 11.5 Å². The van der Waals surface area contributed by atoms with Gasteiger partial charge in [-0.3, -0.25) is 4.79 Å². The van der Waals surface area contributed by atoms with Crippen LogP contribution in [0.2, 0.25) is 0 Å². The molecular weight excluding hydrogens is 390 g/mol. The molecule has 31 heavy (non-hydrogen) atoms. The van der Waals surface area contributed by atoms with Crippen LogP contribution in [0.5, 0.6) is 11.5 Å². The molecule has 3 aromatic carbocycles. The number of methoxy groups -OCH3 is 2. The summed E-state index contributed by atoms with van der Waals surface area (Å²) in [5, 5.41) is 6.23. The molecule has 0 aliphatic rings. The van der Waals surface area contributed by atoms with Crippen molar-refractivity contribution in [2.75, 3.05) is 30.6 Å². The van der Waals surface area contributed by atoms with E-state index in [-0.39, 0.29) is 11.9 Å². The molecule has 6 heteroatoms. The predicted octanol–water partition coefficient (Wildman–Crippen LogP) is 5.11. The zero-order chi connectivity index (χ0) is 22.2. The van der Waals surface area contributed by atoms with Crippen LogP contribution in [-0.4, -0.2) is 20.1 Å². The molecule has 3 aromatic rings. The number of benzene rings is 3. The molecule has 0 heterocycles. The number of hydrogen-bond acceptors (Lipinski definition) is 5. The topological polar surface area (TPSA) is 85.6 Å². The Morgan fingerprint density at radius 2 is 1.68 bits per heavy atom. The lowest BCUT2D eigenvalue weighted by Crippen LogP contribution is -2.09. The van der Waals surface area contributed by atoms with Gasteiger partial charge in [-0.2, -0.15) is 0 Å². The molecule has 0 fully saturated rings. The number of nitrogens with one attached hydrogen (secondary N) is 2. The molecule has 160 valence electrons. The summed E-state index contributed by atoms with van der Waals surface area (Å²) in [7, 11) is 3.23. The fraction of sp³-hybridized carbons (Fsp3) is 0.160. The van der Waals surface area contributed by atoms with E-state index in [0.717, 1.165) is 16.8 Å². The number of para-hydroxylation sites is 2. The smallest absolute Gasteiger partial charge is 0.248 e. The van der Waals surface area contributed by atoms with Gasteiger partial charge < -0.3 is 25.8 Å². The predicted molar refractivity (Wildman–Crippen MR) is 127 cm³/mol. The number of carbonyl (C=O) groups excluding carboxylic acids is 1. The van der Waals surface area contributed by atoms with Gasteiger partial charge in [0, 0.05) is 23.9 Å². The second kappa shape index (κ2) is 10.2. The lowest BCUT2D eigenvalue weighted by molar-refractivity contribution is -0.111. The lowest BCUT2D eigenvalue weighted by atomic mass is 10.1. The Labute approximate surface area is 182 Å². The first-order valence-corrected chi connectivity index (χ1v) is 9.92. The first kappa shape index (κ1) is 21.8. The maximum atomic E-state index is 12.1. The first-order chi connectivity index (χ1) is 15.0. The van der Waals surface area contributed by atoms with Crippen molar-refractivity contribution in [1.82, 2.24) is 0 Å². The number of nitrogens with two attached hydrogens (primary N) is 1. The highest BCUT2D eigenvalue weighted by Gasteiger charge is 2.09. The zero-order valence-corrected chi connectivity index (χ0v) is 17.9. The van der Waals surface area contributed by atoms with Gasteiger partial charge in [0.25, 0.3) is 0 Å². The molecule has 0 radical (unpaired) electrons. The number of hydrogen-bond donors (Lipinski definition) is 3. The van der Waals surface area contributed by atoms with Crippen LogP contribution in [0.15, 0.2) is 72.8 Å². The summed E-state index contributed by atoms with van der Waals surface area (Å²) in [4.78, 5) is 12.1. The summed E-state index contributed by atoms with van der Waals surface area (Å²) in [6.07, 6.45) is 3.26. The van der Waals surface area contributed by atoms with Gasteiger partial charge >= 0.3 is 0 Å². The normalized spacial score (nSPS) is 11.7. The summed E-state index contributed by atoms with van der Waals surface area (Å²) in [5.74, 6) is 1.14. The molecule has 0 aliphatic heterocycles. The van der Waals surface area contributed by atoms with Gasteiger partial charge in [0.1, 0.15) is 0 Å². The Hall–Kier alpha value is -3.93. The van der Waals surface area contributed by atoms with E-state index in [1.807, 2.05) is 54.6 Å². The van der Waals surface area contributed by atoms with Crippen LogP contribution in [0, 0.1) is 0 Å². The van der Waals surface area contributed by atoms with E-state index in [9.17, 15) is 4.79 Å². The fourth-order valence-corrected chi connectivity index (χ4v) is 3.11. The van der Waals surface area contributed by atoms with Crippen molar-refractivity contribution >= 4 is 29.0 Å². The van der Waals surface area contributed by atoms with Crippen LogP contribution in [0.3, 0.4) is 0 Å². The number of ether oxygens (including phenoxy) is 2. The standard InChI is InChI=1S/C25H27N3O3/c1-17(27-20-13-14-23(30-2)24(16-20)31-3)19-11-8-18(9-12-19)10-15-25(29)28-22-7-5-4-6-21(22)26/h4-17,27H,26H2,1-3H3,(H,28,29). The molecule has 0 bridgehead atoms. The van der Waals surface area contributed by atoms with E-state index >= 15 is 0 Å². The first-order valence-electron chi connectivity index (χ1n) is 9.92. The lowest BCUT2D eigenvalue weighted by Gasteiger charge is -2.17. The Kier molecular flexibility index (Phi) is 7.17. The maximum absolute atomic E-state index is 12.1. The Morgan fingerprint density at radius 3 is 2.35 bits per heavy atom. The van der Waals surface area contributed by atoms with Crippen molar-refractivity contribution in [3.05, 3.63) is 83.9 Å². The van der Waals surface area contributed by atoms with Crippen LogP contribution in [0.1, 0.15) is 24.1 Å². The van der Waals surface area contributed by atoms with E-state index in [0.29, 0.717) is 22.9 Å². The molecule has 1 amide bonds. The molecule has 1 unspecified atom stereocenters. The Bertz CT molecular complexity index is 1060.